The summed E-state index contributed by atoms with van der Waals surface area (Å²) in [5.41, 5.74) is -1.17. The lowest BCUT2D eigenvalue weighted by Crippen LogP contribution is -2.31. The first-order valence-corrected chi connectivity index (χ1v) is 8.64. The molecule has 1 heterocycles. The van der Waals surface area contributed by atoms with Gasteiger partial charge in [0, 0.05) is 17.8 Å². The van der Waals surface area contributed by atoms with Crippen LogP contribution in [0, 0.1) is 5.82 Å². The number of rotatable bonds is 5. The first-order valence-electron chi connectivity index (χ1n) is 8.64. The number of carbonyl (C=O) groups excluding carboxylic acids is 1. The van der Waals surface area contributed by atoms with Gasteiger partial charge in [-0.15, -0.1) is 5.10 Å². The van der Waals surface area contributed by atoms with E-state index in [1.807, 2.05) is 0 Å². The number of alkyl halides is 3. The van der Waals surface area contributed by atoms with Crippen LogP contribution in [-0.4, -0.2) is 21.8 Å². The van der Waals surface area contributed by atoms with E-state index in [1.54, 1.807) is 0 Å². The Bertz CT molecular complexity index is 1110. The Hall–Kier alpha value is -3.69. The topological polar surface area (TPSA) is 73.2 Å². The number of benzene rings is 2. The maximum atomic E-state index is 13.1. The molecule has 1 aromatic heterocycles. The molecule has 1 atom stereocenters. The summed E-state index contributed by atoms with van der Waals surface area (Å²) in [6.07, 6.45) is -5.67. The van der Waals surface area contributed by atoms with Gasteiger partial charge in [0.25, 0.3) is 11.5 Å². The van der Waals surface area contributed by atoms with Crippen molar-refractivity contribution in [2.24, 2.45) is 0 Å². The minimum Gasteiger partial charge on any atom is -0.463 e. The van der Waals surface area contributed by atoms with Gasteiger partial charge in [0.1, 0.15) is 5.82 Å². The Balaban J connectivity index is 1.73. The van der Waals surface area contributed by atoms with Crippen molar-refractivity contribution in [3.05, 3.63) is 82.4 Å². The molecule has 2 aromatic carbocycles. The Morgan fingerprint density at radius 3 is 2.47 bits per heavy atom. The molecule has 10 heteroatoms. The lowest BCUT2D eigenvalue weighted by Gasteiger charge is -2.15. The van der Waals surface area contributed by atoms with Crippen molar-refractivity contribution in [2.75, 3.05) is 5.32 Å². The second-order valence-corrected chi connectivity index (χ2v) is 6.23. The highest BCUT2D eigenvalue weighted by atomic mass is 19.4. The van der Waals surface area contributed by atoms with Crippen LogP contribution < -0.4 is 15.6 Å². The number of amides is 1. The summed E-state index contributed by atoms with van der Waals surface area (Å²) >= 11 is 0. The molecule has 0 saturated heterocycles. The van der Waals surface area contributed by atoms with E-state index in [4.69, 9.17) is 4.74 Å². The van der Waals surface area contributed by atoms with Crippen LogP contribution in [0.3, 0.4) is 0 Å². The summed E-state index contributed by atoms with van der Waals surface area (Å²) in [6, 6.07) is 11.6. The summed E-state index contributed by atoms with van der Waals surface area (Å²) in [6.45, 7) is 1.37. The molecule has 0 aliphatic rings. The fraction of sp³-hybridized carbons (Fsp3) is 0.150. The maximum absolute atomic E-state index is 13.1. The van der Waals surface area contributed by atoms with E-state index in [0.717, 1.165) is 35.0 Å². The van der Waals surface area contributed by atoms with Gasteiger partial charge in [-0.1, -0.05) is 6.07 Å². The van der Waals surface area contributed by atoms with Gasteiger partial charge in [-0.25, -0.2) is 4.39 Å². The molecule has 1 amide bonds. The van der Waals surface area contributed by atoms with Gasteiger partial charge in [-0.3, -0.25) is 9.59 Å². The third-order valence-electron chi connectivity index (χ3n) is 3.97. The highest BCUT2D eigenvalue weighted by Crippen LogP contribution is 2.30. The van der Waals surface area contributed by atoms with E-state index < -0.39 is 35.1 Å². The third kappa shape index (κ3) is 5.02. The zero-order valence-corrected chi connectivity index (χ0v) is 15.5. The zero-order chi connectivity index (χ0) is 21.9. The van der Waals surface area contributed by atoms with E-state index in [2.05, 4.69) is 10.4 Å². The van der Waals surface area contributed by atoms with Crippen molar-refractivity contribution in [1.29, 1.82) is 0 Å². The number of aromatic nitrogens is 2. The van der Waals surface area contributed by atoms with Crippen LogP contribution in [0.1, 0.15) is 12.5 Å². The van der Waals surface area contributed by atoms with Gasteiger partial charge in [-0.2, -0.15) is 17.9 Å². The summed E-state index contributed by atoms with van der Waals surface area (Å²) in [4.78, 5) is 24.3. The highest BCUT2D eigenvalue weighted by Gasteiger charge is 2.30. The molecule has 0 aliphatic carbocycles. The van der Waals surface area contributed by atoms with E-state index in [1.165, 1.54) is 37.3 Å². The number of hydrogen-bond donors (Lipinski definition) is 1. The molecule has 3 aromatic rings. The molecule has 0 fully saturated rings. The largest absolute Gasteiger partial charge is 0.463 e. The van der Waals surface area contributed by atoms with E-state index >= 15 is 0 Å². The number of anilines is 1. The molecule has 1 N–H and O–H groups in total. The monoisotopic (exact) mass is 421 g/mol. The van der Waals surface area contributed by atoms with Crippen molar-refractivity contribution < 1.29 is 27.1 Å². The predicted octanol–water partition coefficient (Wildman–Crippen LogP) is 3.80. The second-order valence-electron chi connectivity index (χ2n) is 6.23. The summed E-state index contributed by atoms with van der Waals surface area (Å²) in [5, 5.41) is 6.32. The van der Waals surface area contributed by atoms with Crippen molar-refractivity contribution in [3.63, 3.8) is 0 Å². The molecule has 0 bridgehead atoms. The quantitative estimate of drug-likeness (QED) is 0.637. The number of hydrogen-bond acceptors (Lipinski definition) is 4. The standard InChI is InChI=1S/C20H15F4N3O3/c1-12(19(29)25-15-4-2-3-13(11-15)20(22,23)24)30-17-9-10-18(28)27(26-17)16-7-5-14(21)6-8-16/h2-12H,1H3,(H,25,29). The van der Waals surface area contributed by atoms with Crippen LogP contribution in [0.25, 0.3) is 5.69 Å². The number of halogens is 4. The Morgan fingerprint density at radius 2 is 1.80 bits per heavy atom. The average Bonchev–Trinajstić information content (AvgIpc) is 2.69. The Labute approximate surface area is 167 Å². The Morgan fingerprint density at radius 1 is 1.10 bits per heavy atom. The van der Waals surface area contributed by atoms with Crippen LogP contribution in [0.2, 0.25) is 0 Å². The van der Waals surface area contributed by atoms with E-state index in [-0.39, 0.29) is 17.3 Å². The van der Waals surface area contributed by atoms with Crippen molar-refractivity contribution in [2.45, 2.75) is 19.2 Å². The SMILES string of the molecule is CC(Oc1ccc(=O)n(-c2ccc(F)cc2)n1)C(=O)Nc1cccc(C(F)(F)F)c1. The summed E-state index contributed by atoms with van der Waals surface area (Å²) < 4.78 is 57.8. The molecule has 0 spiro atoms. The lowest BCUT2D eigenvalue weighted by molar-refractivity contribution is -0.137. The first-order chi connectivity index (χ1) is 14.1. The fourth-order valence-corrected chi connectivity index (χ4v) is 2.48. The van der Waals surface area contributed by atoms with Gasteiger partial charge in [0.2, 0.25) is 5.88 Å². The van der Waals surface area contributed by atoms with Crippen LogP contribution in [-0.2, 0) is 11.0 Å². The molecule has 3 rings (SSSR count). The maximum Gasteiger partial charge on any atom is 0.416 e. The molecule has 6 nitrogen and oxygen atoms in total. The van der Waals surface area contributed by atoms with Crippen LogP contribution in [0.5, 0.6) is 5.88 Å². The van der Waals surface area contributed by atoms with Gasteiger partial charge >= 0.3 is 6.18 Å². The predicted molar refractivity (Wildman–Crippen MR) is 100.0 cm³/mol. The van der Waals surface area contributed by atoms with Gasteiger partial charge in [0.05, 0.1) is 11.3 Å². The summed E-state index contributed by atoms with van der Waals surface area (Å²) in [5.74, 6) is -1.28. The zero-order valence-electron chi connectivity index (χ0n) is 15.5. The molecule has 0 aliphatic heterocycles. The number of carbonyl (C=O) groups is 1. The van der Waals surface area contributed by atoms with E-state index in [9.17, 15) is 27.2 Å². The fourth-order valence-electron chi connectivity index (χ4n) is 2.48. The number of nitrogens with one attached hydrogen (secondary N) is 1. The van der Waals surface area contributed by atoms with Crippen molar-refractivity contribution in [1.82, 2.24) is 9.78 Å². The minimum atomic E-state index is -4.54. The van der Waals surface area contributed by atoms with Crippen LogP contribution in [0.4, 0.5) is 23.2 Å². The molecule has 0 saturated carbocycles. The van der Waals surface area contributed by atoms with E-state index in [0.29, 0.717) is 0 Å². The van der Waals surface area contributed by atoms with Crippen LogP contribution in [0.15, 0.2) is 65.5 Å². The smallest absolute Gasteiger partial charge is 0.416 e. The highest BCUT2D eigenvalue weighted by molar-refractivity contribution is 5.94. The second kappa shape index (κ2) is 8.36. The van der Waals surface area contributed by atoms with Crippen molar-refractivity contribution in [3.8, 4) is 11.6 Å². The van der Waals surface area contributed by atoms with Gasteiger partial charge < -0.3 is 10.1 Å². The lowest BCUT2D eigenvalue weighted by atomic mass is 10.2. The molecular formula is C20H15F4N3O3. The average molecular weight is 421 g/mol. The van der Waals surface area contributed by atoms with Crippen LogP contribution >= 0.6 is 0 Å². The van der Waals surface area contributed by atoms with Crippen molar-refractivity contribution >= 4 is 11.6 Å². The molecular weight excluding hydrogens is 406 g/mol. The number of ether oxygens (including phenoxy) is 1. The first kappa shape index (κ1) is 21.0. The molecule has 30 heavy (non-hydrogen) atoms. The minimum absolute atomic E-state index is 0.0467. The number of nitrogens with zero attached hydrogens (tertiary/aromatic N) is 2. The molecule has 1 unspecified atom stereocenters. The summed E-state index contributed by atoms with van der Waals surface area (Å²) in [7, 11) is 0. The Kier molecular flexibility index (Phi) is 5.86. The van der Waals surface area contributed by atoms with Gasteiger partial charge in [0.15, 0.2) is 6.10 Å². The van der Waals surface area contributed by atoms with Gasteiger partial charge in [-0.05, 0) is 49.4 Å². The molecule has 156 valence electrons. The molecule has 0 radical (unpaired) electrons. The normalized spacial score (nSPS) is 12.3. The third-order valence-corrected chi connectivity index (χ3v) is 3.97.